The van der Waals surface area contributed by atoms with E-state index < -0.39 is 11.6 Å². The van der Waals surface area contributed by atoms with E-state index in [0.29, 0.717) is 6.54 Å². The number of hydrogen-bond acceptors (Lipinski definition) is 3. The molecule has 1 aliphatic heterocycles. The monoisotopic (exact) mass is 288 g/mol. The van der Waals surface area contributed by atoms with Gasteiger partial charge in [-0.25, -0.2) is 0 Å². The lowest BCUT2D eigenvalue weighted by molar-refractivity contribution is -0.155. The Kier molecular flexibility index (Phi) is 3.15. The molecule has 3 rings (SSSR count). The van der Waals surface area contributed by atoms with Crippen molar-refractivity contribution in [3.8, 4) is 5.75 Å². The Hall–Kier alpha value is -2.04. The Morgan fingerprint density at radius 2 is 1.90 bits per heavy atom. The van der Waals surface area contributed by atoms with Gasteiger partial charge in [0, 0.05) is 6.54 Å². The van der Waals surface area contributed by atoms with Crippen molar-refractivity contribution in [2.45, 2.75) is 44.8 Å². The smallest absolute Gasteiger partial charge is 0.249 e. The summed E-state index contributed by atoms with van der Waals surface area (Å²) in [6.07, 6.45) is 1.98. The lowest BCUT2D eigenvalue weighted by atomic mass is 9.89. The lowest BCUT2D eigenvalue weighted by Crippen LogP contribution is -2.69. The molecule has 0 radical (unpaired) electrons. The van der Waals surface area contributed by atoms with Crippen molar-refractivity contribution in [3.05, 3.63) is 29.8 Å². The summed E-state index contributed by atoms with van der Waals surface area (Å²) in [6.45, 7) is 3.97. The van der Waals surface area contributed by atoms with E-state index >= 15 is 0 Å². The molecule has 0 aromatic heterocycles. The van der Waals surface area contributed by atoms with Gasteiger partial charge in [-0.05, 0) is 50.3 Å². The zero-order chi connectivity index (χ0) is 15.2. The van der Waals surface area contributed by atoms with E-state index in [1.807, 2.05) is 6.92 Å². The first-order valence-corrected chi connectivity index (χ1v) is 7.33. The summed E-state index contributed by atoms with van der Waals surface area (Å²) in [4.78, 5) is 26.7. The molecule has 5 nitrogen and oxygen atoms in total. The van der Waals surface area contributed by atoms with Crippen LogP contribution in [0, 0.1) is 5.92 Å². The molecule has 2 amide bonds. The van der Waals surface area contributed by atoms with Gasteiger partial charge in [-0.1, -0.05) is 12.1 Å². The minimum Gasteiger partial charge on any atom is -0.508 e. The molecule has 1 heterocycles. The average molecular weight is 288 g/mol. The summed E-state index contributed by atoms with van der Waals surface area (Å²) in [7, 11) is 0. The van der Waals surface area contributed by atoms with Gasteiger partial charge in [0.25, 0.3) is 0 Å². The molecule has 2 aliphatic rings. The Labute approximate surface area is 123 Å². The van der Waals surface area contributed by atoms with Crippen LogP contribution < -0.4 is 5.32 Å². The minimum absolute atomic E-state index is 0.00910. The van der Waals surface area contributed by atoms with Crippen LogP contribution >= 0.6 is 0 Å². The molecule has 1 saturated carbocycles. The molecule has 112 valence electrons. The molecule has 1 saturated heterocycles. The second-order valence-corrected chi connectivity index (χ2v) is 6.24. The number of carbonyl (C=O) groups excluding carboxylic acids is 2. The SMILES string of the molecule is CC1C(=O)NC(C)(C2CC2)C(=O)N1Cc1ccc(O)cc1. The van der Waals surface area contributed by atoms with Gasteiger partial charge in [-0.2, -0.15) is 0 Å². The Bertz CT molecular complexity index is 580. The number of carbonyl (C=O) groups is 2. The zero-order valence-electron chi connectivity index (χ0n) is 12.3. The number of nitrogens with zero attached hydrogens (tertiary/aromatic N) is 1. The van der Waals surface area contributed by atoms with Crippen LogP contribution in [0.2, 0.25) is 0 Å². The molecule has 1 aromatic carbocycles. The summed E-state index contributed by atoms with van der Waals surface area (Å²) >= 11 is 0. The second-order valence-electron chi connectivity index (χ2n) is 6.24. The van der Waals surface area contributed by atoms with Crippen molar-refractivity contribution in [2.75, 3.05) is 0 Å². The molecule has 21 heavy (non-hydrogen) atoms. The Balaban J connectivity index is 1.85. The lowest BCUT2D eigenvalue weighted by Gasteiger charge is -2.43. The maximum atomic E-state index is 12.8. The molecule has 0 bridgehead atoms. The summed E-state index contributed by atoms with van der Waals surface area (Å²) in [5, 5.41) is 12.2. The fraction of sp³-hybridized carbons (Fsp3) is 0.500. The second kappa shape index (κ2) is 4.76. The molecule has 5 heteroatoms. The normalized spacial score (nSPS) is 29.4. The number of benzene rings is 1. The van der Waals surface area contributed by atoms with Gasteiger partial charge in [0.15, 0.2) is 0 Å². The molecule has 0 spiro atoms. The topological polar surface area (TPSA) is 69.6 Å². The van der Waals surface area contributed by atoms with Crippen LogP contribution in [-0.2, 0) is 16.1 Å². The maximum Gasteiger partial charge on any atom is 0.249 e. The van der Waals surface area contributed by atoms with Gasteiger partial charge in [0.1, 0.15) is 17.3 Å². The molecule has 2 fully saturated rings. The molecule has 2 unspecified atom stereocenters. The molecular weight excluding hydrogens is 268 g/mol. The van der Waals surface area contributed by atoms with E-state index in [1.165, 1.54) is 0 Å². The van der Waals surface area contributed by atoms with Crippen LogP contribution in [0.25, 0.3) is 0 Å². The summed E-state index contributed by atoms with van der Waals surface area (Å²) in [5.41, 5.74) is 0.140. The fourth-order valence-corrected chi connectivity index (χ4v) is 2.97. The molecular formula is C16H20N2O3. The van der Waals surface area contributed by atoms with Crippen molar-refractivity contribution < 1.29 is 14.7 Å². The van der Waals surface area contributed by atoms with Crippen LogP contribution in [0.5, 0.6) is 5.75 Å². The highest BCUT2D eigenvalue weighted by Gasteiger charge is 2.54. The average Bonchev–Trinajstić information content (AvgIpc) is 3.28. The van der Waals surface area contributed by atoms with Crippen molar-refractivity contribution in [1.82, 2.24) is 10.2 Å². The first-order valence-electron chi connectivity index (χ1n) is 7.33. The van der Waals surface area contributed by atoms with Crippen LogP contribution in [0.4, 0.5) is 0 Å². The number of piperazine rings is 1. The summed E-state index contributed by atoms with van der Waals surface area (Å²) in [5.74, 6) is 0.342. The first kappa shape index (κ1) is 13.9. The number of rotatable bonds is 3. The maximum absolute atomic E-state index is 12.8. The quantitative estimate of drug-likeness (QED) is 0.883. The van der Waals surface area contributed by atoms with Crippen molar-refractivity contribution >= 4 is 11.8 Å². The van der Waals surface area contributed by atoms with Gasteiger partial charge < -0.3 is 15.3 Å². The third-order valence-corrected chi connectivity index (χ3v) is 4.62. The van der Waals surface area contributed by atoms with Crippen LogP contribution in [0.3, 0.4) is 0 Å². The van der Waals surface area contributed by atoms with E-state index in [0.717, 1.165) is 18.4 Å². The zero-order valence-corrected chi connectivity index (χ0v) is 12.3. The van der Waals surface area contributed by atoms with Crippen molar-refractivity contribution in [2.24, 2.45) is 5.92 Å². The molecule has 1 aliphatic carbocycles. The minimum atomic E-state index is -0.763. The van der Waals surface area contributed by atoms with E-state index in [-0.39, 0.29) is 23.5 Å². The van der Waals surface area contributed by atoms with Crippen LogP contribution in [-0.4, -0.2) is 33.4 Å². The van der Waals surface area contributed by atoms with E-state index in [9.17, 15) is 14.7 Å². The highest BCUT2D eigenvalue weighted by atomic mass is 16.3. The summed E-state index contributed by atoms with van der Waals surface area (Å²) in [6, 6.07) is 6.26. The molecule has 2 N–H and O–H groups in total. The first-order chi connectivity index (χ1) is 9.91. The van der Waals surface area contributed by atoms with Gasteiger partial charge >= 0.3 is 0 Å². The highest BCUT2D eigenvalue weighted by Crippen LogP contribution is 2.42. The fourth-order valence-electron chi connectivity index (χ4n) is 2.97. The third kappa shape index (κ3) is 2.37. The predicted molar refractivity (Wildman–Crippen MR) is 77.4 cm³/mol. The summed E-state index contributed by atoms with van der Waals surface area (Å²) < 4.78 is 0. The van der Waals surface area contributed by atoms with Gasteiger partial charge in [-0.15, -0.1) is 0 Å². The number of phenols is 1. The number of phenolic OH excluding ortho intramolecular Hbond substituents is 1. The van der Waals surface area contributed by atoms with Crippen LogP contribution in [0.15, 0.2) is 24.3 Å². The number of nitrogens with one attached hydrogen (secondary N) is 1. The van der Waals surface area contributed by atoms with Crippen LogP contribution in [0.1, 0.15) is 32.3 Å². The van der Waals surface area contributed by atoms with E-state index in [4.69, 9.17) is 0 Å². The number of amides is 2. The predicted octanol–water partition coefficient (Wildman–Crippen LogP) is 1.41. The van der Waals surface area contributed by atoms with Gasteiger partial charge in [-0.3, -0.25) is 9.59 Å². The standard InChI is InChI=1S/C16H20N2O3/c1-10-14(20)17-16(2,12-5-6-12)15(21)18(10)9-11-3-7-13(19)8-4-11/h3-4,7-8,10,12,19H,5-6,9H2,1-2H3,(H,17,20). The third-order valence-electron chi connectivity index (χ3n) is 4.62. The Morgan fingerprint density at radius 1 is 1.29 bits per heavy atom. The highest BCUT2D eigenvalue weighted by molar-refractivity contribution is 5.99. The largest absolute Gasteiger partial charge is 0.508 e. The van der Waals surface area contributed by atoms with E-state index in [1.54, 1.807) is 36.1 Å². The molecule has 1 aromatic rings. The van der Waals surface area contributed by atoms with Crippen molar-refractivity contribution in [3.63, 3.8) is 0 Å². The van der Waals surface area contributed by atoms with Gasteiger partial charge in [0.2, 0.25) is 11.8 Å². The Morgan fingerprint density at radius 3 is 2.48 bits per heavy atom. The number of aromatic hydroxyl groups is 1. The van der Waals surface area contributed by atoms with Gasteiger partial charge in [0.05, 0.1) is 0 Å². The number of hydrogen-bond donors (Lipinski definition) is 2. The van der Waals surface area contributed by atoms with Crippen molar-refractivity contribution in [1.29, 1.82) is 0 Å². The molecule has 2 atom stereocenters. The van der Waals surface area contributed by atoms with E-state index in [2.05, 4.69) is 5.32 Å².